The first kappa shape index (κ1) is 18.5. The highest BCUT2D eigenvalue weighted by Gasteiger charge is 2.33. The zero-order valence-corrected chi connectivity index (χ0v) is 16.0. The number of benzene rings is 2. The van der Waals surface area contributed by atoms with Gasteiger partial charge in [0.25, 0.3) is 5.91 Å². The highest BCUT2D eigenvalue weighted by molar-refractivity contribution is 9.10. The van der Waals surface area contributed by atoms with Gasteiger partial charge in [-0.1, -0.05) is 30.3 Å². The summed E-state index contributed by atoms with van der Waals surface area (Å²) >= 11 is 3.35. The monoisotopic (exact) mass is 417 g/mol. The summed E-state index contributed by atoms with van der Waals surface area (Å²) < 4.78 is 10.9. The summed E-state index contributed by atoms with van der Waals surface area (Å²) in [5.41, 5.74) is 1.53. The molecule has 0 heterocycles. The molecule has 0 radical (unpaired) electrons. The molecule has 3 rings (SSSR count). The van der Waals surface area contributed by atoms with E-state index in [-0.39, 0.29) is 18.6 Å². The van der Waals surface area contributed by atoms with Crippen molar-refractivity contribution in [1.29, 1.82) is 0 Å². The van der Waals surface area contributed by atoms with Crippen LogP contribution in [0, 0.1) is 5.92 Å². The number of carbonyl (C=O) groups is 2. The summed E-state index contributed by atoms with van der Waals surface area (Å²) in [6.07, 6.45) is 2.25. The maximum Gasteiger partial charge on any atom is 0.337 e. The largest absolute Gasteiger partial charge is 0.483 e. The highest BCUT2D eigenvalue weighted by Crippen LogP contribution is 2.40. The zero-order valence-electron chi connectivity index (χ0n) is 14.4. The molecule has 0 bridgehead atoms. The summed E-state index contributed by atoms with van der Waals surface area (Å²) in [7, 11) is 1.33. The number of esters is 1. The molecular weight excluding hydrogens is 398 g/mol. The molecule has 26 heavy (non-hydrogen) atoms. The number of hydrogen-bond donors (Lipinski definition) is 1. The molecule has 2 aromatic rings. The molecule has 6 heteroatoms. The Morgan fingerprint density at radius 2 is 1.92 bits per heavy atom. The van der Waals surface area contributed by atoms with Crippen LogP contribution in [-0.2, 0) is 9.53 Å². The number of hydrogen-bond acceptors (Lipinski definition) is 4. The summed E-state index contributed by atoms with van der Waals surface area (Å²) in [5, 5.41) is 3.07. The minimum atomic E-state index is -0.426. The zero-order chi connectivity index (χ0) is 18.5. The van der Waals surface area contributed by atoms with E-state index in [4.69, 9.17) is 4.74 Å². The quantitative estimate of drug-likeness (QED) is 0.694. The van der Waals surface area contributed by atoms with E-state index >= 15 is 0 Å². The minimum absolute atomic E-state index is 0.0254. The minimum Gasteiger partial charge on any atom is -0.483 e. The summed E-state index contributed by atoms with van der Waals surface area (Å²) in [6.45, 7) is -0.0910. The third-order valence-electron chi connectivity index (χ3n) is 4.28. The second-order valence-electron chi connectivity index (χ2n) is 6.22. The first-order valence-electron chi connectivity index (χ1n) is 8.43. The Bertz CT molecular complexity index is 790. The van der Waals surface area contributed by atoms with Crippen molar-refractivity contribution in [2.24, 2.45) is 5.92 Å². The Kier molecular flexibility index (Phi) is 5.93. The van der Waals surface area contributed by atoms with Crippen molar-refractivity contribution < 1.29 is 19.1 Å². The smallest absolute Gasteiger partial charge is 0.337 e. The van der Waals surface area contributed by atoms with Crippen molar-refractivity contribution in [3.05, 3.63) is 64.1 Å². The van der Waals surface area contributed by atoms with Crippen LogP contribution in [0.3, 0.4) is 0 Å². The van der Waals surface area contributed by atoms with Gasteiger partial charge in [0.15, 0.2) is 6.61 Å². The molecule has 1 aliphatic rings. The molecule has 5 nitrogen and oxygen atoms in total. The standard InChI is InChI=1S/C20H20BrNO4/c1-25-20(24)15-9-10-17(16(21)11-15)26-12-18(23)22-19(14-7-8-14)13-5-3-2-4-6-13/h2-6,9-11,14,19H,7-8,12H2,1H3,(H,22,23). The number of methoxy groups -OCH3 is 1. The molecule has 2 aromatic carbocycles. The van der Waals surface area contributed by atoms with Gasteiger partial charge in [0.2, 0.25) is 0 Å². The van der Waals surface area contributed by atoms with Crippen LogP contribution in [0.1, 0.15) is 34.8 Å². The van der Waals surface area contributed by atoms with Gasteiger partial charge in [-0.05, 0) is 58.5 Å². The Labute approximate surface area is 160 Å². The van der Waals surface area contributed by atoms with Crippen molar-refractivity contribution in [3.8, 4) is 5.75 Å². The SMILES string of the molecule is COC(=O)c1ccc(OCC(=O)NC(c2ccccc2)C2CC2)c(Br)c1. The lowest BCUT2D eigenvalue weighted by molar-refractivity contribution is -0.124. The van der Waals surface area contributed by atoms with Crippen LogP contribution in [0.4, 0.5) is 0 Å². The Morgan fingerprint density at radius 1 is 1.19 bits per heavy atom. The molecule has 0 saturated heterocycles. The van der Waals surface area contributed by atoms with Crippen molar-refractivity contribution in [2.75, 3.05) is 13.7 Å². The number of halogens is 1. The Hall–Kier alpha value is -2.34. The fourth-order valence-corrected chi connectivity index (χ4v) is 3.28. The maximum atomic E-state index is 12.3. The van der Waals surface area contributed by atoms with Gasteiger partial charge in [-0.25, -0.2) is 4.79 Å². The van der Waals surface area contributed by atoms with Crippen molar-refractivity contribution >= 4 is 27.8 Å². The summed E-state index contributed by atoms with van der Waals surface area (Å²) in [5.74, 6) is 0.391. The van der Waals surface area contributed by atoms with E-state index < -0.39 is 5.97 Å². The Morgan fingerprint density at radius 3 is 2.54 bits per heavy atom. The lowest BCUT2D eigenvalue weighted by atomic mass is 10.0. The van der Waals surface area contributed by atoms with Gasteiger partial charge in [-0.2, -0.15) is 0 Å². The van der Waals surface area contributed by atoms with Crippen LogP contribution in [0.15, 0.2) is 53.0 Å². The molecule has 1 aliphatic carbocycles. The lowest BCUT2D eigenvalue weighted by Gasteiger charge is -2.19. The molecule has 0 aliphatic heterocycles. The van der Waals surface area contributed by atoms with Gasteiger partial charge in [0.1, 0.15) is 5.75 Å². The molecule has 1 N–H and O–H groups in total. The van der Waals surface area contributed by atoms with E-state index in [0.717, 1.165) is 18.4 Å². The van der Waals surface area contributed by atoms with Crippen LogP contribution in [-0.4, -0.2) is 25.6 Å². The number of carbonyl (C=O) groups excluding carboxylic acids is 2. The molecule has 1 atom stereocenters. The number of ether oxygens (including phenoxy) is 2. The van der Waals surface area contributed by atoms with Gasteiger partial charge in [0, 0.05) is 0 Å². The lowest BCUT2D eigenvalue weighted by Crippen LogP contribution is -2.33. The van der Waals surface area contributed by atoms with Gasteiger partial charge < -0.3 is 14.8 Å². The Balaban J connectivity index is 1.59. The highest BCUT2D eigenvalue weighted by atomic mass is 79.9. The molecular formula is C20H20BrNO4. The van der Waals surface area contributed by atoms with E-state index in [2.05, 4.69) is 26.0 Å². The van der Waals surface area contributed by atoms with Crippen LogP contribution in [0.5, 0.6) is 5.75 Å². The molecule has 1 amide bonds. The predicted molar refractivity (Wildman–Crippen MR) is 101 cm³/mol. The average Bonchev–Trinajstić information content (AvgIpc) is 3.50. The maximum absolute atomic E-state index is 12.3. The molecule has 1 saturated carbocycles. The van der Waals surface area contributed by atoms with E-state index in [1.807, 2.05) is 30.3 Å². The van der Waals surface area contributed by atoms with Crippen molar-refractivity contribution in [3.63, 3.8) is 0 Å². The first-order chi connectivity index (χ1) is 12.6. The fraction of sp³-hybridized carbons (Fsp3) is 0.300. The second kappa shape index (κ2) is 8.36. The van der Waals surface area contributed by atoms with Crippen LogP contribution in [0.2, 0.25) is 0 Å². The summed E-state index contributed by atoms with van der Waals surface area (Å²) in [6, 6.07) is 14.9. The van der Waals surface area contributed by atoms with Crippen molar-refractivity contribution in [1.82, 2.24) is 5.32 Å². The summed E-state index contributed by atoms with van der Waals surface area (Å²) in [4.78, 5) is 23.9. The average molecular weight is 418 g/mol. The molecule has 1 unspecified atom stereocenters. The predicted octanol–water partition coefficient (Wildman–Crippen LogP) is 3.88. The molecule has 1 fully saturated rings. The normalized spacial score (nSPS) is 14.4. The van der Waals surface area contributed by atoms with Gasteiger partial charge in [-0.15, -0.1) is 0 Å². The van der Waals surface area contributed by atoms with Crippen LogP contribution < -0.4 is 10.1 Å². The van der Waals surface area contributed by atoms with E-state index in [1.165, 1.54) is 7.11 Å². The van der Waals surface area contributed by atoms with E-state index in [0.29, 0.717) is 21.7 Å². The molecule has 0 spiro atoms. The molecule has 0 aromatic heterocycles. The third-order valence-corrected chi connectivity index (χ3v) is 4.90. The van der Waals surface area contributed by atoms with Gasteiger partial charge in [-0.3, -0.25) is 4.79 Å². The third kappa shape index (κ3) is 4.64. The number of amides is 1. The second-order valence-corrected chi connectivity index (χ2v) is 7.07. The van der Waals surface area contributed by atoms with Gasteiger partial charge >= 0.3 is 5.97 Å². The van der Waals surface area contributed by atoms with E-state index in [1.54, 1.807) is 18.2 Å². The fourth-order valence-electron chi connectivity index (χ4n) is 2.78. The first-order valence-corrected chi connectivity index (χ1v) is 9.22. The van der Waals surface area contributed by atoms with Crippen molar-refractivity contribution in [2.45, 2.75) is 18.9 Å². The van der Waals surface area contributed by atoms with Gasteiger partial charge in [0.05, 0.1) is 23.2 Å². The number of nitrogens with one attached hydrogen (secondary N) is 1. The van der Waals surface area contributed by atoms with Crippen LogP contribution in [0.25, 0.3) is 0 Å². The number of rotatable bonds is 7. The van der Waals surface area contributed by atoms with Crippen LogP contribution >= 0.6 is 15.9 Å². The van der Waals surface area contributed by atoms with E-state index in [9.17, 15) is 9.59 Å². The topological polar surface area (TPSA) is 64.6 Å². The molecule has 136 valence electrons.